The second-order valence-corrected chi connectivity index (χ2v) is 5.09. The Morgan fingerprint density at radius 1 is 0.947 bits per heavy atom. The molecular weight excluding hydrogens is 230 g/mol. The lowest BCUT2D eigenvalue weighted by atomic mass is 9.99. The maximum Gasteiger partial charge on any atom is 0.0525 e. The molecule has 0 saturated carbocycles. The zero-order chi connectivity index (χ0) is 13.2. The third-order valence-corrected chi connectivity index (χ3v) is 3.62. The molecule has 0 unspecified atom stereocenters. The molecule has 0 aliphatic heterocycles. The molecule has 0 amide bonds. The van der Waals surface area contributed by atoms with Gasteiger partial charge in [-0.05, 0) is 36.4 Å². The van der Waals surface area contributed by atoms with E-state index >= 15 is 0 Å². The second-order valence-electron chi connectivity index (χ2n) is 5.09. The quantitative estimate of drug-likeness (QED) is 0.652. The van der Waals surface area contributed by atoms with E-state index in [1.54, 1.807) is 0 Å². The van der Waals surface area contributed by atoms with Gasteiger partial charge in [-0.25, -0.2) is 0 Å². The molecule has 0 N–H and O–H groups in total. The summed E-state index contributed by atoms with van der Waals surface area (Å²) in [5, 5.41) is 2.52. The maximum absolute atomic E-state index is 4.57. The van der Waals surface area contributed by atoms with E-state index in [1.807, 2.05) is 6.20 Å². The molecule has 0 atom stereocenters. The molecule has 94 valence electrons. The van der Waals surface area contributed by atoms with E-state index in [0.717, 1.165) is 12.1 Å². The maximum atomic E-state index is 4.57. The summed E-state index contributed by atoms with van der Waals surface area (Å²) in [6, 6.07) is 17.1. The molecule has 0 aliphatic rings. The van der Waals surface area contributed by atoms with Crippen molar-refractivity contribution in [2.45, 2.75) is 20.3 Å². The van der Waals surface area contributed by atoms with E-state index < -0.39 is 0 Å². The van der Waals surface area contributed by atoms with E-state index in [0.29, 0.717) is 0 Å². The largest absolute Gasteiger partial charge is 0.260 e. The van der Waals surface area contributed by atoms with Crippen molar-refractivity contribution in [3.05, 3.63) is 77.1 Å². The lowest BCUT2D eigenvalue weighted by Gasteiger charge is -2.09. The van der Waals surface area contributed by atoms with Crippen LogP contribution in [0.2, 0.25) is 0 Å². The zero-order valence-corrected chi connectivity index (χ0v) is 11.4. The molecule has 0 saturated heterocycles. The molecule has 19 heavy (non-hydrogen) atoms. The van der Waals surface area contributed by atoms with Crippen molar-refractivity contribution in [1.82, 2.24) is 4.98 Å². The Morgan fingerprint density at radius 2 is 1.79 bits per heavy atom. The minimum absolute atomic E-state index is 0.898. The summed E-state index contributed by atoms with van der Waals surface area (Å²) in [7, 11) is 0. The summed E-state index contributed by atoms with van der Waals surface area (Å²) >= 11 is 0. The number of hydrogen-bond donors (Lipinski definition) is 0. The average molecular weight is 247 g/mol. The lowest BCUT2D eigenvalue weighted by molar-refractivity contribution is 1.08. The van der Waals surface area contributed by atoms with Gasteiger partial charge in [0.05, 0.1) is 5.69 Å². The van der Waals surface area contributed by atoms with Gasteiger partial charge in [-0.3, -0.25) is 4.98 Å². The van der Waals surface area contributed by atoms with Gasteiger partial charge < -0.3 is 0 Å². The number of fused-ring (bicyclic) bond motifs is 1. The molecule has 2 aromatic carbocycles. The average Bonchev–Trinajstić information content (AvgIpc) is 2.43. The molecule has 3 aromatic rings. The first-order chi connectivity index (χ1) is 9.24. The first-order valence-electron chi connectivity index (χ1n) is 6.63. The molecule has 1 heterocycles. The highest BCUT2D eigenvalue weighted by atomic mass is 14.7. The summed E-state index contributed by atoms with van der Waals surface area (Å²) in [6.45, 7) is 4.30. The van der Waals surface area contributed by atoms with Crippen LogP contribution in [0.25, 0.3) is 10.8 Å². The summed E-state index contributed by atoms with van der Waals surface area (Å²) in [4.78, 5) is 4.57. The van der Waals surface area contributed by atoms with Gasteiger partial charge in [0.1, 0.15) is 0 Å². The van der Waals surface area contributed by atoms with E-state index in [9.17, 15) is 0 Å². The van der Waals surface area contributed by atoms with Crippen LogP contribution in [0.5, 0.6) is 0 Å². The van der Waals surface area contributed by atoms with Gasteiger partial charge in [0, 0.05) is 18.0 Å². The Bertz CT molecular complexity index is 723. The van der Waals surface area contributed by atoms with Gasteiger partial charge in [-0.2, -0.15) is 0 Å². The van der Waals surface area contributed by atoms with Crippen LogP contribution in [-0.4, -0.2) is 4.98 Å². The molecule has 0 bridgehead atoms. The number of nitrogens with zero attached hydrogens (tertiary/aromatic N) is 1. The first-order valence-corrected chi connectivity index (χ1v) is 6.63. The van der Waals surface area contributed by atoms with Gasteiger partial charge in [-0.15, -0.1) is 0 Å². The number of rotatable bonds is 2. The number of pyridine rings is 1. The van der Waals surface area contributed by atoms with Crippen molar-refractivity contribution in [2.75, 3.05) is 0 Å². The van der Waals surface area contributed by atoms with Crippen molar-refractivity contribution in [2.24, 2.45) is 0 Å². The highest BCUT2D eigenvalue weighted by Gasteiger charge is 2.05. The molecule has 1 aromatic heterocycles. The van der Waals surface area contributed by atoms with Crippen molar-refractivity contribution in [3.63, 3.8) is 0 Å². The topological polar surface area (TPSA) is 12.9 Å². The molecule has 0 aliphatic carbocycles. The van der Waals surface area contributed by atoms with Crippen molar-refractivity contribution in [3.8, 4) is 0 Å². The van der Waals surface area contributed by atoms with Crippen LogP contribution in [0.15, 0.2) is 54.7 Å². The van der Waals surface area contributed by atoms with Crippen molar-refractivity contribution >= 4 is 10.8 Å². The Morgan fingerprint density at radius 3 is 2.68 bits per heavy atom. The summed E-state index contributed by atoms with van der Waals surface area (Å²) in [6.07, 6.45) is 2.80. The predicted molar refractivity (Wildman–Crippen MR) is 80.5 cm³/mol. The first kappa shape index (κ1) is 11.9. The number of benzene rings is 2. The zero-order valence-electron chi connectivity index (χ0n) is 11.4. The standard InChI is InChI=1S/C18H17N/c1-13-7-8-14(2)16(11-13)12-18-17-6-4-3-5-15(17)9-10-19-18/h3-11H,12H2,1-2H3. The van der Waals surface area contributed by atoms with Gasteiger partial charge in [0.2, 0.25) is 0 Å². The molecule has 0 radical (unpaired) electrons. The van der Waals surface area contributed by atoms with Crippen LogP contribution in [0, 0.1) is 13.8 Å². The highest BCUT2D eigenvalue weighted by Crippen LogP contribution is 2.21. The molecule has 3 rings (SSSR count). The third-order valence-electron chi connectivity index (χ3n) is 3.62. The smallest absolute Gasteiger partial charge is 0.0525 e. The summed E-state index contributed by atoms with van der Waals surface area (Å²) in [5.74, 6) is 0. The number of hydrogen-bond acceptors (Lipinski definition) is 1. The van der Waals surface area contributed by atoms with E-state index in [-0.39, 0.29) is 0 Å². The summed E-state index contributed by atoms with van der Waals surface area (Å²) in [5.41, 5.74) is 5.16. The van der Waals surface area contributed by atoms with Crippen LogP contribution >= 0.6 is 0 Å². The van der Waals surface area contributed by atoms with E-state index in [4.69, 9.17) is 0 Å². The normalized spacial score (nSPS) is 10.8. The third kappa shape index (κ3) is 2.37. The fraction of sp³-hybridized carbons (Fsp3) is 0.167. The molecule has 0 spiro atoms. The van der Waals surface area contributed by atoms with Gasteiger partial charge >= 0.3 is 0 Å². The Balaban J connectivity index is 2.08. The van der Waals surface area contributed by atoms with Gasteiger partial charge in [0.25, 0.3) is 0 Å². The number of aromatic nitrogens is 1. The Kier molecular flexibility index (Phi) is 3.04. The predicted octanol–water partition coefficient (Wildman–Crippen LogP) is 4.44. The van der Waals surface area contributed by atoms with Gasteiger partial charge in [0.15, 0.2) is 0 Å². The minimum atomic E-state index is 0.898. The van der Waals surface area contributed by atoms with Gasteiger partial charge in [-0.1, -0.05) is 48.0 Å². The minimum Gasteiger partial charge on any atom is -0.260 e. The molecule has 1 nitrogen and oxygen atoms in total. The Labute approximate surface area is 113 Å². The summed E-state index contributed by atoms with van der Waals surface area (Å²) < 4.78 is 0. The fourth-order valence-electron chi connectivity index (χ4n) is 2.49. The van der Waals surface area contributed by atoms with E-state index in [1.165, 1.54) is 27.5 Å². The van der Waals surface area contributed by atoms with Crippen LogP contribution in [0.3, 0.4) is 0 Å². The SMILES string of the molecule is Cc1ccc(C)c(Cc2nccc3ccccc23)c1. The lowest BCUT2D eigenvalue weighted by Crippen LogP contribution is -1.96. The van der Waals surface area contributed by atoms with E-state index in [2.05, 4.69) is 67.4 Å². The van der Waals surface area contributed by atoms with Crippen molar-refractivity contribution < 1.29 is 0 Å². The second kappa shape index (κ2) is 4.85. The number of aryl methyl sites for hydroxylation is 2. The molecule has 1 heteroatoms. The molecule has 0 fully saturated rings. The molecular formula is C18H17N. The van der Waals surface area contributed by atoms with Crippen LogP contribution < -0.4 is 0 Å². The van der Waals surface area contributed by atoms with Crippen LogP contribution in [0.4, 0.5) is 0 Å². The van der Waals surface area contributed by atoms with Crippen LogP contribution in [0.1, 0.15) is 22.4 Å². The van der Waals surface area contributed by atoms with Crippen molar-refractivity contribution in [1.29, 1.82) is 0 Å². The van der Waals surface area contributed by atoms with Crippen LogP contribution in [-0.2, 0) is 6.42 Å². The monoisotopic (exact) mass is 247 g/mol. The fourth-order valence-corrected chi connectivity index (χ4v) is 2.49. The Hall–Kier alpha value is -2.15. The highest BCUT2D eigenvalue weighted by molar-refractivity contribution is 5.84.